The highest BCUT2D eigenvalue weighted by molar-refractivity contribution is 7.92. The van der Waals surface area contributed by atoms with E-state index in [2.05, 4.69) is 17.5 Å². The van der Waals surface area contributed by atoms with Crippen LogP contribution in [0.1, 0.15) is 0 Å². The van der Waals surface area contributed by atoms with Crippen molar-refractivity contribution in [2.45, 2.75) is 4.90 Å². The van der Waals surface area contributed by atoms with Gasteiger partial charge in [0.1, 0.15) is 0 Å². The fraction of sp³-hybridized carbons (Fsp3) is 0.0714. The van der Waals surface area contributed by atoms with Gasteiger partial charge in [0, 0.05) is 12.7 Å². The third-order valence-corrected chi connectivity index (χ3v) is 4.78. The van der Waals surface area contributed by atoms with Crippen molar-refractivity contribution in [3.63, 3.8) is 0 Å². The van der Waals surface area contributed by atoms with E-state index in [9.17, 15) is 8.42 Å². The maximum atomic E-state index is 12.5. The zero-order valence-electron chi connectivity index (χ0n) is 10.9. The lowest BCUT2D eigenvalue weighted by Crippen LogP contribution is -2.26. The largest absolute Gasteiger partial charge is 0.353 e. The molecular weight excluding hydrogens is 292 g/mol. The summed E-state index contributed by atoms with van der Waals surface area (Å²) in [7, 11) is -2.02. The van der Waals surface area contributed by atoms with Crippen LogP contribution in [0.4, 0.5) is 11.4 Å². The summed E-state index contributed by atoms with van der Waals surface area (Å²) in [5, 5.41) is 2.83. The van der Waals surface area contributed by atoms with Gasteiger partial charge < -0.3 is 5.32 Å². The number of sulfonamides is 1. The van der Waals surface area contributed by atoms with Crippen LogP contribution in [0.15, 0.2) is 59.5 Å². The predicted molar refractivity (Wildman–Crippen MR) is 85.8 cm³/mol. The Morgan fingerprint density at radius 2 is 1.65 bits per heavy atom. The second-order valence-electron chi connectivity index (χ2n) is 4.09. The third kappa shape index (κ3) is 2.97. The topological polar surface area (TPSA) is 49.4 Å². The highest BCUT2D eigenvalue weighted by atomic mass is 32.2. The number of hydrogen-bond acceptors (Lipinski definition) is 3. The molecule has 0 saturated carbocycles. The molecule has 0 aromatic heterocycles. The molecule has 0 aliphatic carbocycles. The summed E-state index contributed by atoms with van der Waals surface area (Å²) < 4.78 is 26.2. The number of para-hydroxylation sites is 1. The lowest BCUT2D eigenvalue weighted by atomic mass is 10.3. The predicted octanol–water partition coefficient (Wildman–Crippen LogP) is 2.88. The van der Waals surface area contributed by atoms with E-state index in [1.807, 2.05) is 6.07 Å². The third-order valence-electron chi connectivity index (χ3n) is 2.86. The van der Waals surface area contributed by atoms with E-state index in [0.29, 0.717) is 5.69 Å². The molecule has 0 fully saturated rings. The minimum absolute atomic E-state index is 0.235. The maximum absolute atomic E-state index is 12.5. The molecule has 6 heteroatoms. The lowest BCUT2D eigenvalue weighted by molar-refractivity contribution is 0.594. The summed E-state index contributed by atoms with van der Waals surface area (Å²) in [4.78, 5) is 0.235. The zero-order chi connectivity index (χ0) is 14.6. The number of anilines is 2. The van der Waals surface area contributed by atoms with Gasteiger partial charge in [-0.3, -0.25) is 4.31 Å². The number of hydrogen-bond donors (Lipinski definition) is 1. The fourth-order valence-electron chi connectivity index (χ4n) is 1.73. The Hall–Kier alpha value is -1.92. The first-order valence-corrected chi connectivity index (χ1v) is 7.81. The van der Waals surface area contributed by atoms with Crippen molar-refractivity contribution in [2.24, 2.45) is 0 Å². The summed E-state index contributed by atoms with van der Waals surface area (Å²) in [5.41, 5.74) is 2.74. The molecule has 0 saturated heterocycles. The fourth-order valence-corrected chi connectivity index (χ4v) is 3.06. The molecule has 0 atom stereocenters. The van der Waals surface area contributed by atoms with Crippen molar-refractivity contribution in [1.29, 1.82) is 0 Å². The van der Waals surface area contributed by atoms with Crippen LogP contribution in [-0.4, -0.2) is 21.0 Å². The average molecular weight is 306 g/mol. The minimum Gasteiger partial charge on any atom is -0.353 e. The van der Waals surface area contributed by atoms with Crippen LogP contribution in [0.2, 0.25) is 0 Å². The molecule has 0 bridgehead atoms. The monoisotopic (exact) mass is 306 g/mol. The van der Waals surface area contributed by atoms with Gasteiger partial charge in [0.05, 0.1) is 16.1 Å². The van der Waals surface area contributed by atoms with Gasteiger partial charge in [-0.05, 0) is 36.4 Å². The van der Waals surface area contributed by atoms with E-state index in [-0.39, 0.29) is 4.90 Å². The molecule has 2 aromatic carbocycles. The van der Waals surface area contributed by atoms with Crippen molar-refractivity contribution < 1.29 is 8.42 Å². The molecule has 0 spiro atoms. The Morgan fingerprint density at radius 3 is 2.20 bits per heavy atom. The van der Waals surface area contributed by atoms with E-state index >= 15 is 0 Å². The van der Waals surface area contributed by atoms with E-state index < -0.39 is 10.0 Å². The molecule has 2 aromatic rings. The molecule has 0 radical (unpaired) electrons. The van der Waals surface area contributed by atoms with Crippen LogP contribution in [0.25, 0.3) is 0 Å². The molecule has 1 N–H and O–H groups in total. The molecule has 0 amide bonds. The summed E-state index contributed by atoms with van der Waals surface area (Å²) in [6, 6.07) is 15.4. The van der Waals surface area contributed by atoms with E-state index in [1.54, 1.807) is 48.5 Å². The maximum Gasteiger partial charge on any atom is 0.264 e. The summed E-state index contributed by atoms with van der Waals surface area (Å²) in [6.07, 6.45) is 0. The molecule has 0 aliphatic heterocycles. The zero-order valence-corrected chi connectivity index (χ0v) is 12.5. The SMILES string of the molecule is CN(c1ccccc1)S(=O)(=O)c1ccc(NC=S)cc1. The normalized spacial score (nSPS) is 10.8. The highest BCUT2D eigenvalue weighted by Gasteiger charge is 2.20. The number of benzene rings is 2. The summed E-state index contributed by atoms with van der Waals surface area (Å²) in [6.45, 7) is 0. The van der Waals surface area contributed by atoms with Crippen LogP contribution in [0.5, 0.6) is 0 Å². The van der Waals surface area contributed by atoms with Crippen molar-refractivity contribution in [1.82, 2.24) is 0 Å². The average Bonchev–Trinajstić information content (AvgIpc) is 2.48. The van der Waals surface area contributed by atoms with Crippen LogP contribution < -0.4 is 9.62 Å². The van der Waals surface area contributed by atoms with Gasteiger partial charge in [-0.25, -0.2) is 8.42 Å². The van der Waals surface area contributed by atoms with Crippen LogP contribution in [0, 0.1) is 0 Å². The molecule has 104 valence electrons. The number of rotatable bonds is 5. The number of nitrogens with zero attached hydrogens (tertiary/aromatic N) is 1. The molecule has 0 aliphatic rings. The summed E-state index contributed by atoms with van der Waals surface area (Å²) >= 11 is 4.68. The first-order chi connectivity index (χ1) is 9.55. The van der Waals surface area contributed by atoms with Crippen molar-refractivity contribution >= 4 is 39.1 Å². The Bertz CT molecular complexity index is 683. The van der Waals surface area contributed by atoms with Gasteiger partial charge in [0.25, 0.3) is 10.0 Å². The first kappa shape index (κ1) is 14.5. The highest BCUT2D eigenvalue weighted by Crippen LogP contribution is 2.22. The smallest absolute Gasteiger partial charge is 0.264 e. The van der Waals surface area contributed by atoms with Gasteiger partial charge in [-0.15, -0.1) is 0 Å². The van der Waals surface area contributed by atoms with Gasteiger partial charge in [-0.2, -0.15) is 0 Å². The van der Waals surface area contributed by atoms with Crippen LogP contribution in [0.3, 0.4) is 0 Å². The number of thiocarbonyl (C=S) groups is 1. The Balaban J connectivity index is 2.32. The van der Waals surface area contributed by atoms with Gasteiger partial charge in [-0.1, -0.05) is 30.4 Å². The Morgan fingerprint density at radius 1 is 1.05 bits per heavy atom. The summed E-state index contributed by atoms with van der Waals surface area (Å²) in [5.74, 6) is 0. The molecule has 0 heterocycles. The van der Waals surface area contributed by atoms with Crippen LogP contribution >= 0.6 is 12.2 Å². The van der Waals surface area contributed by atoms with Gasteiger partial charge in [0.15, 0.2) is 0 Å². The van der Waals surface area contributed by atoms with Gasteiger partial charge in [0.2, 0.25) is 0 Å². The standard InChI is InChI=1S/C14H14N2O2S2/c1-16(13-5-3-2-4-6-13)20(17,18)14-9-7-12(8-10-14)15-11-19/h2-11H,1H3,(H,15,19). The van der Waals surface area contributed by atoms with Crippen molar-refractivity contribution in [3.8, 4) is 0 Å². The minimum atomic E-state index is -3.55. The first-order valence-electron chi connectivity index (χ1n) is 5.90. The van der Waals surface area contributed by atoms with Crippen molar-refractivity contribution in [3.05, 3.63) is 54.6 Å². The lowest BCUT2D eigenvalue weighted by Gasteiger charge is -2.19. The van der Waals surface area contributed by atoms with E-state index in [0.717, 1.165) is 5.69 Å². The van der Waals surface area contributed by atoms with E-state index in [1.165, 1.54) is 16.8 Å². The molecular formula is C14H14N2O2S2. The Kier molecular flexibility index (Phi) is 4.36. The quantitative estimate of drug-likeness (QED) is 0.863. The van der Waals surface area contributed by atoms with E-state index in [4.69, 9.17) is 0 Å². The molecule has 4 nitrogen and oxygen atoms in total. The van der Waals surface area contributed by atoms with Crippen LogP contribution in [-0.2, 0) is 10.0 Å². The molecule has 20 heavy (non-hydrogen) atoms. The molecule has 0 unspecified atom stereocenters. The second kappa shape index (κ2) is 6.02. The number of nitrogens with one attached hydrogen (secondary N) is 1. The Labute approximate surface area is 124 Å². The van der Waals surface area contributed by atoms with Crippen molar-refractivity contribution in [2.75, 3.05) is 16.7 Å². The second-order valence-corrected chi connectivity index (χ2v) is 6.30. The molecule has 2 rings (SSSR count). The van der Waals surface area contributed by atoms with Gasteiger partial charge >= 0.3 is 0 Å².